The molecule has 1 rings (SSSR count). The number of nitrogens with two attached hydrogens (primary N) is 1. The fourth-order valence-corrected chi connectivity index (χ4v) is 2.91. The largest absolute Gasteiger partial charge is 0.399 e. The first-order valence-corrected chi connectivity index (χ1v) is 7.39. The van der Waals surface area contributed by atoms with E-state index in [0.717, 1.165) is 0 Å². The molecule has 96 valence electrons. The third kappa shape index (κ3) is 4.83. The van der Waals surface area contributed by atoms with Gasteiger partial charge in [0.05, 0.1) is 16.5 Å². The molecule has 0 saturated heterocycles. The van der Waals surface area contributed by atoms with Crippen molar-refractivity contribution < 1.29 is 8.42 Å². The van der Waals surface area contributed by atoms with Crippen molar-refractivity contribution in [2.24, 2.45) is 5.92 Å². The van der Waals surface area contributed by atoms with Crippen LogP contribution in [0.25, 0.3) is 0 Å². The molecule has 0 aliphatic rings. The predicted octanol–water partition coefficient (Wildman–Crippen LogP) is 2.71. The highest BCUT2D eigenvalue weighted by Crippen LogP contribution is 2.25. The average molecular weight is 277 g/mol. The topological polar surface area (TPSA) is 72.2 Å². The average Bonchev–Trinajstić information content (AvgIpc) is 2.20. The molecule has 17 heavy (non-hydrogen) atoms. The number of halogens is 1. The van der Waals surface area contributed by atoms with E-state index in [1.165, 1.54) is 6.07 Å². The Morgan fingerprint density at radius 1 is 1.41 bits per heavy atom. The molecule has 0 heterocycles. The number of nitrogens with one attached hydrogen (secondary N) is 1. The van der Waals surface area contributed by atoms with Crippen LogP contribution in [0.3, 0.4) is 0 Å². The van der Waals surface area contributed by atoms with Crippen LogP contribution in [-0.4, -0.2) is 14.2 Å². The van der Waals surface area contributed by atoms with Gasteiger partial charge in [0.2, 0.25) is 10.0 Å². The zero-order valence-corrected chi connectivity index (χ0v) is 11.5. The highest BCUT2D eigenvalue weighted by molar-refractivity contribution is 7.92. The summed E-state index contributed by atoms with van der Waals surface area (Å²) < 4.78 is 25.9. The van der Waals surface area contributed by atoms with Gasteiger partial charge in [0, 0.05) is 5.69 Å². The number of anilines is 2. The first-order chi connectivity index (χ1) is 7.80. The van der Waals surface area contributed by atoms with Crippen LogP contribution in [0.4, 0.5) is 11.4 Å². The van der Waals surface area contributed by atoms with Gasteiger partial charge in [-0.15, -0.1) is 0 Å². The molecule has 4 nitrogen and oxygen atoms in total. The highest BCUT2D eigenvalue weighted by atomic mass is 35.5. The van der Waals surface area contributed by atoms with E-state index < -0.39 is 10.0 Å². The van der Waals surface area contributed by atoms with E-state index in [0.29, 0.717) is 28.7 Å². The monoisotopic (exact) mass is 276 g/mol. The molecule has 0 spiro atoms. The van der Waals surface area contributed by atoms with Gasteiger partial charge in [0.15, 0.2) is 0 Å². The summed E-state index contributed by atoms with van der Waals surface area (Å²) in [6.45, 7) is 3.96. The standard InChI is InChI=1S/C11H17ClN2O2S/c1-8(2)5-6-17(15,16)14-11-4-3-9(13)7-10(11)12/h3-4,7-8,14H,5-6,13H2,1-2H3. The molecule has 0 amide bonds. The lowest BCUT2D eigenvalue weighted by Gasteiger charge is -2.11. The SMILES string of the molecule is CC(C)CCS(=O)(=O)Nc1ccc(N)cc1Cl. The van der Waals surface area contributed by atoms with Crippen molar-refractivity contribution in [1.29, 1.82) is 0 Å². The highest BCUT2D eigenvalue weighted by Gasteiger charge is 2.13. The predicted molar refractivity (Wildman–Crippen MR) is 72.7 cm³/mol. The summed E-state index contributed by atoms with van der Waals surface area (Å²) in [5.74, 6) is 0.430. The van der Waals surface area contributed by atoms with Crippen molar-refractivity contribution in [3.05, 3.63) is 23.2 Å². The number of benzene rings is 1. The molecule has 0 fully saturated rings. The second-order valence-corrected chi connectivity index (χ2v) is 6.59. The maximum Gasteiger partial charge on any atom is 0.232 e. The second-order valence-electron chi connectivity index (χ2n) is 4.34. The quantitative estimate of drug-likeness (QED) is 0.812. The van der Waals surface area contributed by atoms with Crippen molar-refractivity contribution in [3.8, 4) is 0 Å². The number of rotatable bonds is 5. The van der Waals surface area contributed by atoms with Gasteiger partial charge < -0.3 is 5.73 Å². The lowest BCUT2D eigenvalue weighted by Crippen LogP contribution is -2.18. The fourth-order valence-electron chi connectivity index (χ4n) is 1.22. The molecule has 6 heteroatoms. The van der Waals surface area contributed by atoms with E-state index in [-0.39, 0.29) is 5.75 Å². The van der Waals surface area contributed by atoms with Crippen LogP contribution in [0.5, 0.6) is 0 Å². The number of nitrogen functional groups attached to an aromatic ring is 1. The molecular weight excluding hydrogens is 260 g/mol. The van der Waals surface area contributed by atoms with Gasteiger partial charge in [0.1, 0.15) is 0 Å². The van der Waals surface area contributed by atoms with Gasteiger partial charge in [-0.3, -0.25) is 4.72 Å². The summed E-state index contributed by atoms with van der Waals surface area (Å²) in [4.78, 5) is 0. The molecule has 0 aromatic heterocycles. The molecule has 0 aliphatic heterocycles. The van der Waals surface area contributed by atoms with Gasteiger partial charge in [-0.2, -0.15) is 0 Å². The van der Waals surface area contributed by atoms with Crippen LogP contribution in [0.15, 0.2) is 18.2 Å². The molecule has 3 N–H and O–H groups in total. The summed E-state index contributed by atoms with van der Waals surface area (Å²) in [6, 6.07) is 4.68. The summed E-state index contributed by atoms with van der Waals surface area (Å²) in [6.07, 6.45) is 0.613. The van der Waals surface area contributed by atoms with Gasteiger partial charge in [0.25, 0.3) is 0 Å². The minimum absolute atomic E-state index is 0.0887. The van der Waals surface area contributed by atoms with Crippen LogP contribution in [0, 0.1) is 5.92 Å². The van der Waals surface area contributed by atoms with Crippen molar-refractivity contribution in [2.45, 2.75) is 20.3 Å². The molecule has 1 aromatic carbocycles. The lowest BCUT2D eigenvalue weighted by molar-refractivity contribution is 0.578. The maximum atomic E-state index is 11.7. The van der Waals surface area contributed by atoms with Crippen LogP contribution < -0.4 is 10.5 Å². The van der Waals surface area contributed by atoms with Crippen LogP contribution in [0.1, 0.15) is 20.3 Å². The Hall–Kier alpha value is -0.940. The summed E-state index contributed by atoms with van der Waals surface area (Å²) in [5.41, 5.74) is 6.39. The number of hydrogen-bond donors (Lipinski definition) is 2. The number of hydrogen-bond acceptors (Lipinski definition) is 3. The Morgan fingerprint density at radius 3 is 2.59 bits per heavy atom. The molecule has 0 aliphatic carbocycles. The van der Waals surface area contributed by atoms with Gasteiger partial charge in [-0.05, 0) is 30.5 Å². The minimum Gasteiger partial charge on any atom is -0.399 e. The van der Waals surface area contributed by atoms with Crippen molar-refractivity contribution in [2.75, 3.05) is 16.2 Å². The number of sulfonamides is 1. The van der Waals surface area contributed by atoms with Crippen LogP contribution >= 0.6 is 11.6 Å². The Labute approximate surface area is 107 Å². The van der Waals surface area contributed by atoms with Gasteiger partial charge in [-0.25, -0.2) is 8.42 Å². The normalized spacial score (nSPS) is 11.8. The smallest absolute Gasteiger partial charge is 0.232 e. The van der Waals surface area contributed by atoms with Crippen LogP contribution in [0.2, 0.25) is 5.02 Å². The van der Waals surface area contributed by atoms with E-state index in [9.17, 15) is 8.42 Å². The Bertz CT molecular complexity index is 486. The van der Waals surface area contributed by atoms with E-state index in [1.54, 1.807) is 12.1 Å². The van der Waals surface area contributed by atoms with Gasteiger partial charge >= 0.3 is 0 Å². The van der Waals surface area contributed by atoms with Crippen molar-refractivity contribution in [3.63, 3.8) is 0 Å². The minimum atomic E-state index is -3.34. The molecule has 0 radical (unpaired) electrons. The molecule has 0 saturated carbocycles. The Kier molecular flexibility index (Phi) is 4.65. The Balaban J connectivity index is 2.76. The zero-order chi connectivity index (χ0) is 13.1. The van der Waals surface area contributed by atoms with E-state index in [2.05, 4.69) is 4.72 Å². The molecule has 1 aromatic rings. The molecule has 0 atom stereocenters. The van der Waals surface area contributed by atoms with Crippen molar-refractivity contribution in [1.82, 2.24) is 0 Å². The summed E-state index contributed by atoms with van der Waals surface area (Å²) >= 11 is 5.89. The van der Waals surface area contributed by atoms with Crippen LogP contribution in [-0.2, 0) is 10.0 Å². The first-order valence-electron chi connectivity index (χ1n) is 5.35. The lowest BCUT2D eigenvalue weighted by atomic mass is 10.2. The van der Waals surface area contributed by atoms with Gasteiger partial charge in [-0.1, -0.05) is 25.4 Å². The molecule has 0 unspecified atom stereocenters. The zero-order valence-electron chi connectivity index (χ0n) is 9.90. The second kappa shape index (κ2) is 5.60. The Morgan fingerprint density at radius 2 is 2.06 bits per heavy atom. The fraction of sp³-hybridized carbons (Fsp3) is 0.455. The molecule has 0 bridgehead atoms. The van der Waals surface area contributed by atoms with Crippen molar-refractivity contribution >= 4 is 33.0 Å². The summed E-state index contributed by atoms with van der Waals surface area (Å²) in [7, 11) is -3.34. The first kappa shape index (κ1) is 14.1. The maximum absolute atomic E-state index is 11.7. The van der Waals surface area contributed by atoms with E-state index in [4.69, 9.17) is 17.3 Å². The third-order valence-electron chi connectivity index (χ3n) is 2.22. The summed E-state index contributed by atoms with van der Waals surface area (Å²) in [5, 5.41) is 0.304. The third-order valence-corrected chi connectivity index (χ3v) is 3.84. The molecular formula is C11H17ClN2O2S. The van der Waals surface area contributed by atoms with E-state index in [1.807, 2.05) is 13.8 Å². The van der Waals surface area contributed by atoms with E-state index >= 15 is 0 Å².